The lowest BCUT2D eigenvalue weighted by Gasteiger charge is -2.16. The Labute approximate surface area is 206 Å². The van der Waals surface area contributed by atoms with Gasteiger partial charge < -0.3 is 18.9 Å². The summed E-state index contributed by atoms with van der Waals surface area (Å²) in [6.45, 7) is 0. The highest BCUT2D eigenvalue weighted by Gasteiger charge is 2.13. The van der Waals surface area contributed by atoms with E-state index in [0.29, 0.717) is 11.5 Å². The van der Waals surface area contributed by atoms with Gasteiger partial charge in [-0.25, -0.2) is 0 Å². The predicted molar refractivity (Wildman–Crippen MR) is 141 cm³/mol. The number of hydrogen-bond donors (Lipinski definition) is 0. The summed E-state index contributed by atoms with van der Waals surface area (Å²) in [6.07, 6.45) is 5.90. The first-order valence-corrected chi connectivity index (χ1v) is 11.6. The molecular weight excluding hydrogens is 436 g/mol. The molecule has 0 amide bonds. The summed E-state index contributed by atoms with van der Waals surface area (Å²) in [5, 5.41) is 0. The topological polar surface area (TPSA) is 36.9 Å². The van der Waals surface area contributed by atoms with Crippen molar-refractivity contribution < 1.29 is 18.9 Å². The van der Waals surface area contributed by atoms with Crippen LogP contribution >= 0.6 is 0 Å². The van der Waals surface area contributed by atoms with Gasteiger partial charge in [0.15, 0.2) is 11.5 Å². The third kappa shape index (κ3) is 4.87. The van der Waals surface area contributed by atoms with Crippen molar-refractivity contribution in [3.8, 4) is 39.9 Å². The molecule has 0 N–H and O–H groups in total. The predicted octanol–water partition coefficient (Wildman–Crippen LogP) is 7.44. The van der Waals surface area contributed by atoms with Crippen molar-refractivity contribution in [1.29, 1.82) is 0 Å². The second kappa shape index (κ2) is 9.98. The lowest BCUT2D eigenvalue weighted by molar-refractivity contribution is 0.379. The first kappa shape index (κ1) is 22.6. The molecule has 8 rings (SSSR count). The van der Waals surface area contributed by atoms with E-state index < -0.39 is 0 Å². The van der Waals surface area contributed by atoms with Gasteiger partial charge in [-0.3, -0.25) is 0 Å². The first-order chi connectivity index (χ1) is 17.2. The monoisotopic (exact) mass is 464 g/mol. The number of benzene rings is 4. The second-order valence-electron chi connectivity index (χ2n) is 8.47. The fourth-order valence-electron chi connectivity index (χ4n) is 4.40. The molecule has 0 unspecified atom stereocenters. The van der Waals surface area contributed by atoms with Gasteiger partial charge in [0.1, 0.15) is 17.2 Å². The molecule has 0 aromatic heterocycles. The van der Waals surface area contributed by atoms with Crippen LogP contribution in [0.25, 0.3) is 23.3 Å². The smallest absolute Gasteiger partial charge is 0.169 e. The van der Waals surface area contributed by atoms with Gasteiger partial charge in [0.05, 0.1) is 21.3 Å². The zero-order valence-electron chi connectivity index (χ0n) is 20.2. The van der Waals surface area contributed by atoms with Crippen LogP contribution in [0.15, 0.2) is 78.9 Å². The number of rotatable bonds is 3. The van der Waals surface area contributed by atoms with Crippen LogP contribution in [0.1, 0.15) is 22.3 Å². The second-order valence-corrected chi connectivity index (χ2v) is 8.47. The van der Waals surface area contributed by atoms with E-state index in [2.05, 4.69) is 54.6 Å². The highest BCUT2D eigenvalue weighted by atomic mass is 16.5. The van der Waals surface area contributed by atoms with Crippen molar-refractivity contribution in [2.24, 2.45) is 0 Å². The summed E-state index contributed by atoms with van der Waals surface area (Å²) < 4.78 is 23.1. The van der Waals surface area contributed by atoms with Crippen molar-refractivity contribution >= 4 is 12.2 Å². The van der Waals surface area contributed by atoms with Gasteiger partial charge in [-0.05, 0) is 83.1 Å². The van der Waals surface area contributed by atoms with E-state index in [-0.39, 0.29) is 0 Å². The Bertz CT molecular complexity index is 1370. The summed E-state index contributed by atoms with van der Waals surface area (Å²) in [5.41, 5.74) is 6.73. The van der Waals surface area contributed by atoms with Crippen molar-refractivity contribution in [3.05, 3.63) is 101 Å². The van der Waals surface area contributed by atoms with Crippen LogP contribution in [0.2, 0.25) is 0 Å². The van der Waals surface area contributed by atoms with E-state index in [1.165, 1.54) is 11.1 Å². The minimum atomic E-state index is 0.678. The van der Waals surface area contributed by atoms with Crippen LogP contribution < -0.4 is 18.9 Å². The molecule has 4 heteroatoms. The van der Waals surface area contributed by atoms with Gasteiger partial charge in [0, 0.05) is 5.56 Å². The first-order valence-electron chi connectivity index (χ1n) is 11.6. The van der Waals surface area contributed by atoms with Crippen molar-refractivity contribution in [3.63, 3.8) is 0 Å². The minimum Gasteiger partial charge on any atom is -0.497 e. The average Bonchev–Trinajstić information content (AvgIpc) is 2.91. The highest BCUT2D eigenvalue weighted by molar-refractivity contribution is 5.78. The largest absolute Gasteiger partial charge is 0.497 e. The van der Waals surface area contributed by atoms with Gasteiger partial charge in [-0.2, -0.15) is 0 Å². The van der Waals surface area contributed by atoms with Gasteiger partial charge in [0.25, 0.3) is 0 Å². The maximum absolute atomic E-state index is 6.19. The molecular formula is C31H28O4. The Kier molecular flexibility index (Phi) is 6.44. The van der Waals surface area contributed by atoms with Gasteiger partial charge >= 0.3 is 0 Å². The summed E-state index contributed by atoms with van der Waals surface area (Å²) >= 11 is 0. The van der Waals surface area contributed by atoms with Crippen LogP contribution in [0.3, 0.4) is 0 Å². The van der Waals surface area contributed by atoms with Crippen LogP contribution in [0, 0.1) is 0 Å². The molecule has 4 aromatic carbocycles. The molecule has 0 saturated carbocycles. The fourth-order valence-corrected chi connectivity index (χ4v) is 4.40. The quantitative estimate of drug-likeness (QED) is 0.316. The lowest BCUT2D eigenvalue weighted by atomic mass is 9.93. The van der Waals surface area contributed by atoms with Crippen molar-refractivity contribution in [1.82, 2.24) is 0 Å². The van der Waals surface area contributed by atoms with Gasteiger partial charge in [-0.1, -0.05) is 48.6 Å². The third-order valence-corrected chi connectivity index (χ3v) is 6.32. The molecule has 0 atom stereocenters. The molecule has 0 spiro atoms. The van der Waals surface area contributed by atoms with Gasteiger partial charge in [-0.15, -0.1) is 0 Å². The molecule has 6 bridgehead atoms. The molecule has 35 heavy (non-hydrogen) atoms. The Morgan fingerprint density at radius 3 is 2.06 bits per heavy atom. The molecule has 176 valence electrons. The average molecular weight is 465 g/mol. The van der Waals surface area contributed by atoms with Crippen LogP contribution in [0.5, 0.6) is 28.7 Å². The molecule has 4 aromatic rings. The Morgan fingerprint density at radius 2 is 1.31 bits per heavy atom. The molecule has 4 aliphatic rings. The maximum atomic E-state index is 6.19. The molecule has 4 heterocycles. The van der Waals surface area contributed by atoms with Crippen molar-refractivity contribution in [2.45, 2.75) is 12.8 Å². The zero-order valence-corrected chi connectivity index (χ0v) is 20.2. The molecule has 0 saturated heterocycles. The standard InChI is InChI=1S/C31H28O4/c1-32-26-14-16-27-24(20-26)11-6-21-7-12-25(13-8-21)35-31-19-23(10-17-29(31)33-2)5-4-22-9-15-28(27)30(18-22)34-3/h4-5,7-10,12-20H,6,11H2,1-3H3/b5-4-. The maximum Gasteiger partial charge on any atom is 0.169 e. The molecule has 0 radical (unpaired) electrons. The van der Waals surface area contributed by atoms with E-state index >= 15 is 0 Å². The molecule has 4 aliphatic heterocycles. The summed E-state index contributed by atoms with van der Waals surface area (Å²) in [6, 6.07) is 26.7. The number of hydrogen-bond acceptors (Lipinski definition) is 4. The third-order valence-electron chi connectivity index (χ3n) is 6.32. The summed E-state index contributed by atoms with van der Waals surface area (Å²) in [5.74, 6) is 3.83. The molecule has 0 fully saturated rings. The Morgan fingerprint density at radius 1 is 0.600 bits per heavy atom. The molecule has 4 nitrogen and oxygen atoms in total. The highest BCUT2D eigenvalue weighted by Crippen LogP contribution is 2.37. The normalized spacial score (nSPS) is 13.2. The van der Waals surface area contributed by atoms with E-state index in [4.69, 9.17) is 18.9 Å². The van der Waals surface area contributed by atoms with Crippen LogP contribution in [-0.4, -0.2) is 21.3 Å². The number of ether oxygens (including phenoxy) is 4. The van der Waals surface area contributed by atoms with E-state index in [1.807, 2.05) is 36.4 Å². The van der Waals surface area contributed by atoms with E-state index in [0.717, 1.165) is 52.3 Å². The Balaban J connectivity index is 1.65. The summed E-state index contributed by atoms with van der Waals surface area (Å²) in [4.78, 5) is 0. The van der Waals surface area contributed by atoms with Gasteiger partial charge in [0.2, 0.25) is 0 Å². The number of methoxy groups -OCH3 is 3. The SMILES string of the molecule is COc1ccc2c(c1)CCc1ccc(cc1)Oc1cc(ccc1OC)/C=C\c1ccc-2c(OC)c1. The van der Waals surface area contributed by atoms with E-state index in [9.17, 15) is 0 Å². The zero-order chi connectivity index (χ0) is 24.2. The lowest BCUT2D eigenvalue weighted by Crippen LogP contribution is -1.98. The summed E-state index contributed by atoms with van der Waals surface area (Å²) in [7, 11) is 5.07. The van der Waals surface area contributed by atoms with Crippen molar-refractivity contribution in [2.75, 3.05) is 21.3 Å². The Hall–Kier alpha value is -4.18. The number of aryl methyl sites for hydroxylation is 2. The fraction of sp³-hybridized carbons (Fsp3) is 0.161. The molecule has 0 aliphatic carbocycles. The van der Waals surface area contributed by atoms with Crippen LogP contribution in [0.4, 0.5) is 0 Å². The minimum absolute atomic E-state index is 0.678. The van der Waals surface area contributed by atoms with Crippen LogP contribution in [-0.2, 0) is 12.8 Å². The van der Waals surface area contributed by atoms with E-state index in [1.54, 1.807) is 21.3 Å².